The minimum Gasteiger partial charge on any atom is -0.334 e. The third-order valence-corrected chi connectivity index (χ3v) is 7.94. The van der Waals surface area contributed by atoms with Crippen molar-refractivity contribution >= 4 is 17.5 Å². The standard InChI is InChI=1S/C20H33ClF3N5O/c1-12(30)27(2)19(20(22,23)24)13-5-7-14(8-6-13)28-9-3-4-15-16(28)11-25-18-10-17(21)26-29(15)18/h13-19,25-26H,3-11H2,1-2H3/t13?,14?,15?,16?,17?,18?,19-/m0/s1. The molecule has 2 N–H and O–H groups in total. The zero-order valence-electron chi connectivity index (χ0n) is 17.7. The summed E-state index contributed by atoms with van der Waals surface area (Å²) in [6.07, 6.45) is 1.46. The Morgan fingerprint density at radius 3 is 2.50 bits per heavy atom. The maximum absolute atomic E-state index is 13.7. The topological polar surface area (TPSA) is 50.9 Å². The molecule has 1 amide bonds. The number of carbonyl (C=O) groups excluding carboxylic acids is 1. The van der Waals surface area contributed by atoms with Gasteiger partial charge in [0.25, 0.3) is 0 Å². The predicted octanol–water partition coefficient (Wildman–Crippen LogP) is 2.49. The first kappa shape index (κ1) is 22.6. The van der Waals surface area contributed by atoms with Crippen molar-refractivity contribution in [2.24, 2.45) is 5.92 Å². The Morgan fingerprint density at radius 1 is 1.17 bits per heavy atom. The maximum Gasteiger partial charge on any atom is 0.409 e. The van der Waals surface area contributed by atoms with Gasteiger partial charge in [-0.15, -0.1) is 11.6 Å². The summed E-state index contributed by atoms with van der Waals surface area (Å²) in [6.45, 7) is 3.10. The summed E-state index contributed by atoms with van der Waals surface area (Å²) in [7, 11) is 1.28. The van der Waals surface area contributed by atoms with Gasteiger partial charge in [-0.3, -0.25) is 15.0 Å². The number of piperidine rings is 1. The first-order chi connectivity index (χ1) is 14.2. The molecule has 4 fully saturated rings. The molecule has 30 heavy (non-hydrogen) atoms. The molecule has 0 aromatic rings. The van der Waals surface area contributed by atoms with Crippen LogP contribution in [-0.4, -0.2) is 82.9 Å². The lowest BCUT2D eigenvalue weighted by Crippen LogP contribution is -2.70. The first-order valence-electron chi connectivity index (χ1n) is 11.1. The Morgan fingerprint density at radius 2 is 1.87 bits per heavy atom. The molecule has 5 atom stereocenters. The van der Waals surface area contributed by atoms with Gasteiger partial charge in [0.05, 0.1) is 11.7 Å². The number of halogens is 4. The van der Waals surface area contributed by atoms with E-state index in [2.05, 4.69) is 20.7 Å². The molecule has 4 unspecified atom stereocenters. The third kappa shape index (κ3) is 4.33. The van der Waals surface area contributed by atoms with Crippen molar-refractivity contribution in [3.63, 3.8) is 0 Å². The highest BCUT2D eigenvalue weighted by Crippen LogP contribution is 2.40. The second-order valence-corrected chi connectivity index (χ2v) is 9.89. The number of nitrogens with zero attached hydrogens (tertiary/aromatic N) is 3. The molecule has 1 aliphatic carbocycles. The van der Waals surface area contributed by atoms with Crippen LogP contribution in [0, 0.1) is 5.92 Å². The van der Waals surface area contributed by atoms with E-state index < -0.39 is 24.0 Å². The normalized spacial score (nSPS) is 39.3. The molecule has 0 aromatic carbocycles. The summed E-state index contributed by atoms with van der Waals surface area (Å²) in [5, 5.41) is 5.88. The molecule has 4 rings (SSSR count). The second-order valence-electron chi connectivity index (χ2n) is 9.36. The van der Waals surface area contributed by atoms with Gasteiger partial charge in [0.1, 0.15) is 6.04 Å². The molecular formula is C20H33ClF3N5O. The number of alkyl halides is 4. The van der Waals surface area contributed by atoms with Crippen molar-refractivity contribution in [1.29, 1.82) is 0 Å². The van der Waals surface area contributed by atoms with E-state index in [-0.39, 0.29) is 11.7 Å². The van der Waals surface area contributed by atoms with Crippen LogP contribution in [0.2, 0.25) is 0 Å². The van der Waals surface area contributed by atoms with E-state index in [9.17, 15) is 18.0 Å². The van der Waals surface area contributed by atoms with Crippen LogP contribution in [0.25, 0.3) is 0 Å². The molecule has 10 heteroatoms. The summed E-state index contributed by atoms with van der Waals surface area (Å²) >= 11 is 6.31. The van der Waals surface area contributed by atoms with Gasteiger partial charge in [-0.2, -0.15) is 13.2 Å². The van der Waals surface area contributed by atoms with Crippen molar-refractivity contribution < 1.29 is 18.0 Å². The van der Waals surface area contributed by atoms with Crippen LogP contribution in [0.1, 0.15) is 51.9 Å². The summed E-state index contributed by atoms with van der Waals surface area (Å²) in [5.41, 5.74) is 3.34. The fourth-order valence-electron chi connectivity index (χ4n) is 6.22. The third-order valence-electron chi connectivity index (χ3n) is 7.67. The highest BCUT2D eigenvalue weighted by Gasteiger charge is 2.51. The molecule has 3 aliphatic heterocycles. The quantitative estimate of drug-likeness (QED) is 0.510. The van der Waals surface area contributed by atoms with E-state index in [1.165, 1.54) is 14.0 Å². The Bertz CT molecular complexity index is 630. The molecule has 4 aliphatic rings. The zero-order chi connectivity index (χ0) is 21.6. The molecule has 0 aromatic heterocycles. The fraction of sp³-hybridized carbons (Fsp3) is 0.950. The van der Waals surface area contributed by atoms with E-state index >= 15 is 0 Å². The molecule has 172 valence electrons. The number of rotatable bonds is 3. The van der Waals surface area contributed by atoms with Gasteiger partial charge in [0.15, 0.2) is 0 Å². The smallest absolute Gasteiger partial charge is 0.334 e. The Balaban J connectivity index is 1.40. The van der Waals surface area contributed by atoms with E-state index in [0.29, 0.717) is 31.0 Å². The van der Waals surface area contributed by atoms with Gasteiger partial charge < -0.3 is 4.90 Å². The monoisotopic (exact) mass is 451 g/mol. The Labute approximate surface area is 181 Å². The number of nitrogens with one attached hydrogen (secondary N) is 2. The highest BCUT2D eigenvalue weighted by atomic mass is 35.5. The van der Waals surface area contributed by atoms with Gasteiger partial charge in [-0.1, -0.05) is 0 Å². The second kappa shape index (κ2) is 8.73. The number of fused-ring (bicyclic) bond motifs is 3. The molecule has 0 radical (unpaired) electrons. The lowest BCUT2D eigenvalue weighted by molar-refractivity contribution is -0.201. The van der Waals surface area contributed by atoms with Crippen LogP contribution in [-0.2, 0) is 4.79 Å². The van der Waals surface area contributed by atoms with Crippen LogP contribution >= 0.6 is 11.6 Å². The van der Waals surface area contributed by atoms with E-state index in [4.69, 9.17) is 11.6 Å². The van der Waals surface area contributed by atoms with Gasteiger partial charge in [-0.05, 0) is 51.0 Å². The van der Waals surface area contributed by atoms with Crippen molar-refractivity contribution in [2.75, 3.05) is 20.1 Å². The van der Waals surface area contributed by atoms with E-state index in [1.807, 2.05) is 0 Å². The average molecular weight is 452 g/mol. The Kier molecular flexibility index (Phi) is 6.57. The number of likely N-dealkylation sites (tertiary alicyclic amines) is 1. The molecule has 3 saturated heterocycles. The van der Waals surface area contributed by atoms with Crippen molar-refractivity contribution in [3.8, 4) is 0 Å². The average Bonchev–Trinajstić information content (AvgIpc) is 3.08. The maximum atomic E-state index is 13.7. The molecule has 1 saturated carbocycles. The van der Waals surface area contributed by atoms with E-state index in [0.717, 1.165) is 50.1 Å². The largest absolute Gasteiger partial charge is 0.409 e. The molecule has 0 spiro atoms. The minimum absolute atomic E-state index is 0.0513. The minimum atomic E-state index is -4.39. The SMILES string of the molecule is CC(=O)N(C)[C@@H](C1CCC(N2CCCC3C2CNC2CC(Cl)NN23)CC1)C(F)(F)F. The summed E-state index contributed by atoms with van der Waals surface area (Å²) < 4.78 is 41.1. The van der Waals surface area contributed by atoms with Crippen LogP contribution in [0.4, 0.5) is 13.2 Å². The molecule has 3 heterocycles. The van der Waals surface area contributed by atoms with Gasteiger partial charge >= 0.3 is 6.18 Å². The highest BCUT2D eigenvalue weighted by molar-refractivity contribution is 6.20. The van der Waals surface area contributed by atoms with E-state index in [1.54, 1.807) is 0 Å². The lowest BCUT2D eigenvalue weighted by Gasteiger charge is -2.53. The summed E-state index contributed by atoms with van der Waals surface area (Å²) in [4.78, 5) is 15.1. The summed E-state index contributed by atoms with van der Waals surface area (Å²) in [5.74, 6) is -1.06. The van der Waals surface area contributed by atoms with Crippen LogP contribution in [0.15, 0.2) is 0 Å². The van der Waals surface area contributed by atoms with Crippen LogP contribution in [0.3, 0.4) is 0 Å². The lowest BCUT2D eigenvalue weighted by atomic mass is 9.78. The van der Waals surface area contributed by atoms with Crippen LogP contribution in [0.5, 0.6) is 0 Å². The Hall–Kier alpha value is -0.610. The number of hydrogen-bond donors (Lipinski definition) is 2. The van der Waals surface area contributed by atoms with Gasteiger partial charge in [0.2, 0.25) is 5.91 Å². The molecule has 6 nitrogen and oxygen atoms in total. The number of amides is 1. The number of hydrogen-bond acceptors (Lipinski definition) is 5. The molecular weight excluding hydrogens is 419 g/mol. The molecule has 0 bridgehead atoms. The van der Waals surface area contributed by atoms with Crippen molar-refractivity contribution in [1.82, 2.24) is 25.6 Å². The summed E-state index contributed by atoms with van der Waals surface area (Å²) in [6, 6.07) is -0.641. The van der Waals surface area contributed by atoms with Gasteiger partial charge in [-0.25, -0.2) is 10.4 Å². The van der Waals surface area contributed by atoms with Gasteiger partial charge in [0, 0.05) is 45.1 Å². The van der Waals surface area contributed by atoms with Crippen molar-refractivity contribution in [2.45, 2.75) is 93.9 Å². The fourth-order valence-corrected chi connectivity index (χ4v) is 6.50. The number of carbonyl (C=O) groups is 1. The first-order valence-corrected chi connectivity index (χ1v) is 11.6. The predicted molar refractivity (Wildman–Crippen MR) is 109 cm³/mol. The number of hydrazine groups is 1. The van der Waals surface area contributed by atoms with Crippen molar-refractivity contribution in [3.05, 3.63) is 0 Å². The zero-order valence-corrected chi connectivity index (χ0v) is 18.4. The van der Waals surface area contributed by atoms with Crippen LogP contribution < -0.4 is 10.7 Å².